The molecule has 4 nitrogen and oxygen atoms in total. The molecule has 0 spiro atoms. The minimum atomic E-state index is -1.10. The molecule has 1 amide bonds. The van der Waals surface area contributed by atoms with Crippen molar-refractivity contribution in [2.75, 3.05) is 5.32 Å². The van der Waals surface area contributed by atoms with Crippen LogP contribution in [0.5, 0.6) is 0 Å². The van der Waals surface area contributed by atoms with E-state index in [9.17, 15) is 9.59 Å². The highest BCUT2D eigenvalue weighted by atomic mass is 16.4. The van der Waals surface area contributed by atoms with Crippen molar-refractivity contribution in [2.24, 2.45) is 0 Å². The van der Waals surface area contributed by atoms with Gasteiger partial charge >= 0.3 is 5.97 Å². The van der Waals surface area contributed by atoms with E-state index in [1.165, 1.54) is 6.92 Å². The van der Waals surface area contributed by atoms with Gasteiger partial charge in [-0.2, -0.15) is 0 Å². The highest BCUT2D eigenvalue weighted by molar-refractivity contribution is 6.04. The largest absolute Gasteiger partial charge is 0.478 e. The summed E-state index contributed by atoms with van der Waals surface area (Å²) in [5, 5.41) is 11.3. The van der Waals surface area contributed by atoms with Gasteiger partial charge in [0.05, 0.1) is 0 Å². The summed E-state index contributed by atoms with van der Waals surface area (Å²) in [5.41, 5.74) is 2.76. The third-order valence-corrected chi connectivity index (χ3v) is 2.17. The van der Waals surface area contributed by atoms with Gasteiger partial charge in [-0.3, -0.25) is 4.79 Å². The zero-order chi connectivity index (χ0) is 13.0. The predicted octanol–water partition coefficient (Wildman–Crippen LogP) is 2.27. The average Bonchev–Trinajstić information content (AvgIpc) is 2.14. The molecule has 1 aromatic carbocycles. The molecule has 1 rings (SSSR count). The van der Waals surface area contributed by atoms with Gasteiger partial charge in [-0.25, -0.2) is 4.79 Å². The van der Waals surface area contributed by atoms with Crippen molar-refractivity contribution in [2.45, 2.75) is 20.8 Å². The number of carboxylic acid groups (broad SMARTS) is 1. The maximum atomic E-state index is 11.5. The van der Waals surface area contributed by atoms with Gasteiger partial charge in [0.25, 0.3) is 0 Å². The van der Waals surface area contributed by atoms with Crippen molar-refractivity contribution in [3.8, 4) is 0 Å². The molecule has 0 fully saturated rings. The lowest BCUT2D eigenvalue weighted by molar-refractivity contribution is -0.132. The SMILES string of the molecule is CC(=CC(=O)Nc1cc(C)cc(C)c1)C(=O)O. The molecular formula is C13H15NO3. The lowest BCUT2D eigenvalue weighted by Gasteiger charge is -2.05. The van der Waals surface area contributed by atoms with Gasteiger partial charge in [-0.15, -0.1) is 0 Å². The minimum Gasteiger partial charge on any atom is -0.478 e. The number of hydrogen-bond donors (Lipinski definition) is 2. The van der Waals surface area contributed by atoms with Gasteiger partial charge in [0.1, 0.15) is 0 Å². The van der Waals surface area contributed by atoms with Crippen LogP contribution in [0, 0.1) is 13.8 Å². The maximum absolute atomic E-state index is 11.5. The van der Waals surface area contributed by atoms with Crippen LogP contribution in [0.15, 0.2) is 29.8 Å². The monoisotopic (exact) mass is 233 g/mol. The molecule has 90 valence electrons. The zero-order valence-corrected chi connectivity index (χ0v) is 10.1. The van der Waals surface area contributed by atoms with Crippen molar-refractivity contribution in [1.29, 1.82) is 0 Å². The van der Waals surface area contributed by atoms with Crippen molar-refractivity contribution in [3.05, 3.63) is 41.0 Å². The van der Waals surface area contributed by atoms with Crippen LogP contribution in [0.4, 0.5) is 5.69 Å². The molecule has 4 heteroatoms. The standard InChI is InChI=1S/C13H15NO3/c1-8-4-9(2)6-11(5-8)14-12(15)7-10(3)13(16)17/h4-7H,1-3H3,(H,14,15)(H,16,17). The third kappa shape index (κ3) is 4.10. The van der Waals surface area contributed by atoms with Crippen molar-refractivity contribution in [3.63, 3.8) is 0 Å². The smallest absolute Gasteiger partial charge is 0.331 e. The number of carboxylic acids is 1. The van der Waals surface area contributed by atoms with Crippen LogP contribution in [-0.2, 0) is 9.59 Å². The molecule has 0 heterocycles. The summed E-state index contributed by atoms with van der Waals surface area (Å²) in [5.74, 6) is -1.53. The summed E-state index contributed by atoms with van der Waals surface area (Å²) in [6.07, 6.45) is 1.07. The van der Waals surface area contributed by atoms with Crippen LogP contribution in [-0.4, -0.2) is 17.0 Å². The van der Waals surface area contributed by atoms with Crippen LogP contribution in [0.1, 0.15) is 18.1 Å². The molecule has 0 atom stereocenters. The molecule has 17 heavy (non-hydrogen) atoms. The van der Waals surface area contributed by atoms with E-state index in [0.29, 0.717) is 5.69 Å². The molecular weight excluding hydrogens is 218 g/mol. The molecule has 0 aliphatic carbocycles. The Morgan fingerprint density at radius 3 is 2.18 bits per heavy atom. The van der Waals surface area contributed by atoms with Crippen LogP contribution >= 0.6 is 0 Å². The first-order chi connectivity index (χ1) is 7.88. The van der Waals surface area contributed by atoms with Crippen LogP contribution in [0.3, 0.4) is 0 Å². The normalized spacial score (nSPS) is 11.1. The van der Waals surface area contributed by atoms with Gasteiger partial charge in [-0.05, 0) is 44.0 Å². The first kappa shape index (κ1) is 13.0. The summed E-state index contributed by atoms with van der Waals surface area (Å²) in [4.78, 5) is 22.0. The summed E-state index contributed by atoms with van der Waals surface area (Å²) >= 11 is 0. The second-order valence-electron chi connectivity index (χ2n) is 4.00. The molecule has 1 aromatic rings. The fraction of sp³-hybridized carbons (Fsp3) is 0.231. The Kier molecular flexibility index (Phi) is 4.04. The van der Waals surface area contributed by atoms with E-state index in [-0.39, 0.29) is 5.57 Å². The first-order valence-corrected chi connectivity index (χ1v) is 5.19. The number of carbonyl (C=O) groups is 2. The number of hydrogen-bond acceptors (Lipinski definition) is 2. The van der Waals surface area contributed by atoms with E-state index in [0.717, 1.165) is 17.2 Å². The van der Waals surface area contributed by atoms with Crippen molar-refractivity contribution >= 4 is 17.6 Å². The molecule has 0 bridgehead atoms. The molecule has 0 radical (unpaired) electrons. The summed E-state index contributed by atoms with van der Waals surface area (Å²) in [7, 11) is 0. The molecule has 0 aliphatic rings. The molecule has 0 aliphatic heterocycles. The topological polar surface area (TPSA) is 66.4 Å². The van der Waals surface area contributed by atoms with Gasteiger partial charge in [0.15, 0.2) is 0 Å². The Hall–Kier alpha value is -2.10. The second kappa shape index (κ2) is 5.30. The number of amides is 1. The van der Waals surface area contributed by atoms with E-state index in [1.54, 1.807) is 0 Å². The highest BCUT2D eigenvalue weighted by Gasteiger charge is 2.05. The number of anilines is 1. The molecule has 0 saturated carbocycles. The van der Waals surface area contributed by atoms with Crippen molar-refractivity contribution < 1.29 is 14.7 Å². The van der Waals surface area contributed by atoms with Crippen LogP contribution in [0.2, 0.25) is 0 Å². The quantitative estimate of drug-likeness (QED) is 0.787. The van der Waals surface area contributed by atoms with Gasteiger partial charge in [0.2, 0.25) is 5.91 Å². The van der Waals surface area contributed by atoms with E-state index in [2.05, 4.69) is 5.32 Å². The Morgan fingerprint density at radius 2 is 1.71 bits per heavy atom. The van der Waals surface area contributed by atoms with E-state index < -0.39 is 11.9 Å². The van der Waals surface area contributed by atoms with E-state index in [1.807, 2.05) is 32.0 Å². The number of benzene rings is 1. The van der Waals surface area contributed by atoms with Gasteiger partial charge < -0.3 is 10.4 Å². The number of aryl methyl sites for hydroxylation is 2. The Balaban J connectivity index is 2.81. The number of rotatable bonds is 3. The maximum Gasteiger partial charge on any atom is 0.331 e. The minimum absolute atomic E-state index is 0.00637. The fourth-order valence-corrected chi connectivity index (χ4v) is 1.48. The highest BCUT2D eigenvalue weighted by Crippen LogP contribution is 2.13. The number of nitrogens with one attached hydrogen (secondary N) is 1. The molecule has 0 aromatic heterocycles. The third-order valence-electron chi connectivity index (χ3n) is 2.17. The van der Waals surface area contributed by atoms with E-state index >= 15 is 0 Å². The van der Waals surface area contributed by atoms with Crippen LogP contribution < -0.4 is 5.32 Å². The Morgan fingerprint density at radius 1 is 1.18 bits per heavy atom. The van der Waals surface area contributed by atoms with Crippen molar-refractivity contribution in [1.82, 2.24) is 0 Å². The Labute approximate surface area is 100.0 Å². The predicted molar refractivity (Wildman–Crippen MR) is 65.9 cm³/mol. The number of carbonyl (C=O) groups excluding carboxylic acids is 1. The number of aliphatic carboxylic acids is 1. The first-order valence-electron chi connectivity index (χ1n) is 5.19. The second-order valence-corrected chi connectivity index (χ2v) is 4.00. The molecule has 0 unspecified atom stereocenters. The fourth-order valence-electron chi connectivity index (χ4n) is 1.48. The van der Waals surface area contributed by atoms with Gasteiger partial charge in [-0.1, -0.05) is 6.07 Å². The summed E-state index contributed by atoms with van der Waals surface area (Å²) in [6, 6.07) is 5.65. The summed E-state index contributed by atoms with van der Waals surface area (Å²) in [6.45, 7) is 5.24. The van der Waals surface area contributed by atoms with Gasteiger partial charge in [0, 0.05) is 17.3 Å². The summed E-state index contributed by atoms with van der Waals surface area (Å²) < 4.78 is 0. The van der Waals surface area contributed by atoms with Crippen LogP contribution in [0.25, 0.3) is 0 Å². The molecule has 0 saturated heterocycles. The lowest BCUT2D eigenvalue weighted by atomic mass is 10.1. The van der Waals surface area contributed by atoms with E-state index in [4.69, 9.17) is 5.11 Å². The average molecular weight is 233 g/mol. The zero-order valence-electron chi connectivity index (χ0n) is 10.1. The Bertz CT molecular complexity index is 469. The molecule has 2 N–H and O–H groups in total. The lowest BCUT2D eigenvalue weighted by Crippen LogP contribution is -2.11.